The van der Waals surface area contributed by atoms with Crippen molar-refractivity contribution in [2.75, 3.05) is 26.7 Å². The molecule has 5 amide bonds. The van der Waals surface area contributed by atoms with Gasteiger partial charge in [0.2, 0.25) is 23.6 Å². The molecule has 0 fully saturated rings. The SMILES string of the molecule is CC(=O)CNC(=O)C1Cc2ccc(OC(=O)OC(C)(C)C)c(c2)-c2cc(ccc2O)C(N(C)C(=O)CNC(=O)c2ccc(-c3ccc(Cl)cc3)cc2)C(=O)NCC(=O)N1. The van der Waals surface area contributed by atoms with E-state index < -0.39 is 66.5 Å². The highest BCUT2D eigenvalue weighted by atomic mass is 35.5. The first kappa shape index (κ1) is 43.4. The first-order chi connectivity index (χ1) is 27.9. The van der Waals surface area contributed by atoms with E-state index in [1.165, 1.54) is 44.3 Å². The van der Waals surface area contributed by atoms with Crippen molar-refractivity contribution < 1.29 is 48.1 Å². The number of hydrogen-bond donors (Lipinski definition) is 5. The summed E-state index contributed by atoms with van der Waals surface area (Å²) in [6.07, 6.45) is -1.16. The molecule has 16 heteroatoms. The number of nitrogens with zero attached hydrogens (tertiary/aromatic N) is 1. The topological polar surface area (TPSA) is 210 Å². The van der Waals surface area contributed by atoms with Crippen LogP contribution in [-0.2, 0) is 35.1 Å². The number of phenolic OH excluding ortho intramolecular Hbond substituents is 1. The zero-order chi connectivity index (χ0) is 43.0. The first-order valence-electron chi connectivity index (χ1n) is 18.5. The summed E-state index contributed by atoms with van der Waals surface area (Å²) >= 11 is 6.00. The average molecular weight is 826 g/mol. The molecule has 5 rings (SSSR count). The van der Waals surface area contributed by atoms with Crippen LogP contribution in [0.3, 0.4) is 0 Å². The molecule has 0 aliphatic carbocycles. The van der Waals surface area contributed by atoms with Gasteiger partial charge in [-0.2, -0.15) is 0 Å². The molecule has 2 atom stereocenters. The number of ether oxygens (including phenoxy) is 2. The zero-order valence-electron chi connectivity index (χ0n) is 33.0. The van der Waals surface area contributed by atoms with E-state index in [-0.39, 0.29) is 52.5 Å². The monoisotopic (exact) mass is 825 g/mol. The fourth-order valence-corrected chi connectivity index (χ4v) is 6.25. The quantitative estimate of drug-likeness (QED) is 0.118. The third-order valence-electron chi connectivity index (χ3n) is 9.03. The number of hydrogen-bond acceptors (Lipinski definition) is 10. The van der Waals surface area contributed by atoms with Crippen LogP contribution < -0.4 is 26.0 Å². The van der Waals surface area contributed by atoms with Crippen LogP contribution in [-0.4, -0.2) is 89.8 Å². The molecule has 2 unspecified atom stereocenters. The molecule has 0 radical (unpaired) electrons. The highest BCUT2D eigenvalue weighted by Gasteiger charge is 2.32. The number of aromatic hydroxyl groups is 1. The maximum Gasteiger partial charge on any atom is 0.514 e. The van der Waals surface area contributed by atoms with Crippen molar-refractivity contribution in [2.24, 2.45) is 0 Å². The van der Waals surface area contributed by atoms with Gasteiger partial charge < -0.3 is 40.7 Å². The van der Waals surface area contributed by atoms with Crippen LogP contribution in [0.1, 0.15) is 55.2 Å². The van der Waals surface area contributed by atoms with Crippen molar-refractivity contribution in [3.8, 4) is 33.8 Å². The minimum atomic E-state index is -1.43. The molecule has 0 saturated carbocycles. The van der Waals surface area contributed by atoms with Crippen molar-refractivity contribution in [1.29, 1.82) is 0 Å². The molecule has 1 aliphatic rings. The van der Waals surface area contributed by atoms with Gasteiger partial charge in [0.1, 0.15) is 35.0 Å². The van der Waals surface area contributed by atoms with E-state index in [0.29, 0.717) is 10.6 Å². The number of likely N-dealkylation sites (N-methyl/N-ethyl adjacent to an activating group) is 1. The molecule has 4 aromatic rings. The Morgan fingerprint density at radius 3 is 2.17 bits per heavy atom. The summed E-state index contributed by atoms with van der Waals surface area (Å²) < 4.78 is 10.9. The van der Waals surface area contributed by atoms with E-state index >= 15 is 0 Å². The van der Waals surface area contributed by atoms with Gasteiger partial charge in [0.15, 0.2) is 0 Å². The second-order valence-corrected chi connectivity index (χ2v) is 15.2. The van der Waals surface area contributed by atoms with Crippen LogP contribution in [0.4, 0.5) is 4.79 Å². The summed E-state index contributed by atoms with van der Waals surface area (Å²) in [7, 11) is 1.34. The number of amides is 5. The number of carbonyl (C=O) groups is 7. The Morgan fingerprint density at radius 2 is 1.53 bits per heavy atom. The Labute approximate surface area is 345 Å². The third kappa shape index (κ3) is 11.7. The number of nitrogens with one attached hydrogen (secondary N) is 4. The number of carbonyl (C=O) groups excluding carboxylic acids is 7. The van der Waals surface area contributed by atoms with Crippen molar-refractivity contribution in [3.63, 3.8) is 0 Å². The number of rotatable bonds is 9. The molecule has 4 bridgehead atoms. The lowest BCUT2D eigenvalue weighted by Gasteiger charge is -2.29. The van der Waals surface area contributed by atoms with Gasteiger partial charge >= 0.3 is 6.16 Å². The third-order valence-corrected chi connectivity index (χ3v) is 9.29. The lowest BCUT2D eigenvalue weighted by atomic mass is 9.94. The molecule has 1 aliphatic heterocycles. The number of halogens is 1. The van der Waals surface area contributed by atoms with Gasteiger partial charge in [-0.1, -0.05) is 48.0 Å². The Morgan fingerprint density at radius 1 is 0.864 bits per heavy atom. The van der Waals surface area contributed by atoms with Crippen LogP contribution in [0.5, 0.6) is 11.5 Å². The van der Waals surface area contributed by atoms with Crippen molar-refractivity contribution >= 4 is 53.1 Å². The van der Waals surface area contributed by atoms with E-state index in [0.717, 1.165) is 16.0 Å². The van der Waals surface area contributed by atoms with E-state index in [4.69, 9.17) is 21.1 Å². The average Bonchev–Trinajstić information content (AvgIpc) is 3.18. The largest absolute Gasteiger partial charge is 0.514 e. The molecular formula is C43H44ClN5O10. The maximum atomic E-state index is 14.0. The molecule has 5 N–H and O–H groups in total. The lowest BCUT2D eigenvalue weighted by Crippen LogP contribution is -2.52. The van der Waals surface area contributed by atoms with Crippen molar-refractivity contribution in [2.45, 2.75) is 51.8 Å². The smallest absolute Gasteiger partial charge is 0.507 e. The second kappa shape index (κ2) is 18.7. The number of ketones is 1. The Balaban J connectivity index is 1.47. The van der Waals surface area contributed by atoms with Crippen LogP contribution in [0.25, 0.3) is 22.3 Å². The first-order valence-corrected chi connectivity index (χ1v) is 18.9. The fraction of sp³-hybridized carbons (Fsp3) is 0.279. The minimum Gasteiger partial charge on any atom is -0.507 e. The van der Waals surface area contributed by atoms with Crippen LogP contribution >= 0.6 is 11.6 Å². The van der Waals surface area contributed by atoms with Crippen molar-refractivity contribution in [1.82, 2.24) is 26.2 Å². The van der Waals surface area contributed by atoms with Gasteiger partial charge in [-0.15, -0.1) is 0 Å². The van der Waals surface area contributed by atoms with Gasteiger partial charge in [-0.05, 0) is 98.5 Å². The normalized spacial score (nSPS) is 15.4. The van der Waals surface area contributed by atoms with E-state index in [9.17, 15) is 38.7 Å². The molecule has 15 nitrogen and oxygen atoms in total. The fourth-order valence-electron chi connectivity index (χ4n) is 6.13. The van der Waals surface area contributed by atoms with Gasteiger partial charge in [-0.25, -0.2) is 4.79 Å². The van der Waals surface area contributed by atoms with Gasteiger partial charge in [-0.3, -0.25) is 28.8 Å². The molecule has 0 aromatic heterocycles. The Bertz CT molecular complexity index is 2270. The predicted octanol–water partition coefficient (Wildman–Crippen LogP) is 4.49. The highest BCUT2D eigenvalue weighted by molar-refractivity contribution is 6.30. The van der Waals surface area contributed by atoms with E-state index in [1.54, 1.807) is 63.2 Å². The summed E-state index contributed by atoms with van der Waals surface area (Å²) in [5, 5.41) is 22.0. The molecule has 0 spiro atoms. The molecule has 1 heterocycles. The van der Waals surface area contributed by atoms with Crippen LogP contribution in [0.15, 0.2) is 84.9 Å². The molecule has 59 heavy (non-hydrogen) atoms. The van der Waals surface area contributed by atoms with Gasteiger partial charge in [0.05, 0.1) is 19.6 Å². The van der Waals surface area contributed by atoms with Gasteiger partial charge in [0, 0.05) is 35.2 Å². The second-order valence-electron chi connectivity index (χ2n) is 14.8. The zero-order valence-corrected chi connectivity index (χ0v) is 33.8. The standard InChI is InChI=1S/C43H44ClN5O10/c1-24(50)21-45-40(55)33-19-25-6-17-35(58-42(57)59-43(2,3)4)32(18-25)31-20-29(13-16-34(31)51)38(41(56)46-22-36(52)48-33)49(5)37(53)23-47-39(54)28-9-7-26(8-10-28)27-11-14-30(44)15-12-27/h6-18,20,33,38,51H,19,21-23H2,1-5H3,(H,45,55)(H,46,56)(H,47,54)(H,48,52). The minimum absolute atomic E-state index is 0.0569. The number of Topliss-reactive ketones (excluding diaryl/α,β-unsaturated/α-hetero) is 1. The van der Waals surface area contributed by atoms with Crippen molar-refractivity contribution in [3.05, 3.63) is 107 Å². The Hall–Kier alpha value is -6.74. The summed E-state index contributed by atoms with van der Waals surface area (Å²) in [5.74, 6) is -4.16. The number of phenols is 1. The number of benzene rings is 4. The van der Waals surface area contributed by atoms with E-state index in [1.807, 2.05) is 12.1 Å². The Kier molecular flexibility index (Phi) is 13.7. The lowest BCUT2D eigenvalue weighted by molar-refractivity contribution is -0.139. The molecule has 308 valence electrons. The summed E-state index contributed by atoms with van der Waals surface area (Å²) in [6.45, 7) is 4.82. The van der Waals surface area contributed by atoms with E-state index in [2.05, 4.69) is 21.3 Å². The highest BCUT2D eigenvalue weighted by Crippen LogP contribution is 2.39. The molecular weight excluding hydrogens is 782 g/mol. The predicted molar refractivity (Wildman–Crippen MR) is 217 cm³/mol. The molecule has 0 saturated heterocycles. The number of fused-ring (bicyclic) bond motifs is 5. The van der Waals surface area contributed by atoms with Gasteiger partial charge in [0.25, 0.3) is 5.91 Å². The summed E-state index contributed by atoms with van der Waals surface area (Å²) in [5.41, 5.74) is 1.96. The van der Waals surface area contributed by atoms with Crippen LogP contribution in [0.2, 0.25) is 5.02 Å². The van der Waals surface area contributed by atoms with Crippen LogP contribution in [0, 0.1) is 0 Å². The summed E-state index contributed by atoms with van der Waals surface area (Å²) in [4.78, 5) is 92.8. The maximum absolute atomic E-state index is 14.0. The summed E-state index contributed by atoms with van der Waals surface area (Å²) in [6, 6.07) is 19.9. The molecule has 4 aromatic carbocycles.